The molecule has 5 heteroatoms. The van der Waals surface area contributed by atoms with Crippen LogP contribution in [0.25, 0.3) is 0 Å². The van der Waals surface area contributed by atoms with Crippen LogP contribution in [0.5, 0.6) is 0 Å². The van der Waals surface area contributed by atoms with Crippen LogP contribution in [0.15, 0.2) is 0 Å². The van der Waals surface area contributed by atoms with Crippen molar-refractivity contribution in [2.75, 3.05) is 0 Å². The van der Waals surface area contributed by atoms with Crippen molar-refractivity contribution in [1.29, 1.82) is 0 Å². The van der Waals surface area contributed by atoms with Crippen LogP contribution in [0, 0.1) is 0 Å². The predicted octanol–water partition coefficient (Wildman–Crippen LogP) is 4.32. The van der Waals surface area contributed by atoms with E-state index in [0.29, 0.717) is 19.3 Å². The molecule has 2 N–H and O–H groups in total. The first-order valence-electron chi connectivity index (χ1n) is 8.52. The summed E-state index contributed by atoms with van der Waals surface area (Å²) in [5, 5.41) is 8.51. The Hall–Kier alpha value is -0.130. The molecule has 0 bridgehead atoms. The van der Waals surface area contributed by atoms with E-state index in [1.807, 2.05) is 0 Å². The summed E-state index contributed by atoms with van der Waals surface area (Å²) in [6.45, 7) is 3.85. The Morgan fingerprint density at radius 3 is 1.71 bits per heavy atom. The van der Waals surface area contributed by atoms with Crippen molar-refractivity contribution < 1.29 is 18.1 Å². The minimum atomic E-state index is -3.98. The summed E-state index contributed by atoms with van der Waals surface area (Å²) in [6, 6.07) is 0. The fraction of sp³-hybridized carbons (Fsp3) is 1.00. The highest BCUT2D eigenvalue weighted by molar-refractivity contribution is 7.86. The van der Waals surface area contributed by atoms with Crippen molar-refractivity contribution in [3.63, 3.8) is 0 Å². The third-order valence-corrected chi connectivity index (χ3v) is 5.27. The Kier molecular flexibility index (Phi) is 12.3. The van der Waals surface area contributed by atoms with E-state index < -0.39 is 21.5 Å². The largest absolute Gasteiger partial charge is 0.393 e. The van der Waals surface area contributed by atoms with Gasteiger partial charge in [-0.25, -0.2) is 0 Å². The maximum Gasteiger partial charge on any atom is 0.267 e. The zero-order valence-electron chi connectivity index (χ0n) is 13.8. The third kappa shape index (κ3) is 13.3. The van der Waals surface area contributed by atoms with Gasteiger partial charge in [-0.15, -0.1) is 0 Å². The predicted molar refractivity (Wildman–Crippen MR) is 88.1 cm³/mol. The zero-order valence-corrected chi connectivity index (χ0v) is 14.6. The molecule has 2 atom stereocenters. The summed E-state index contributed by atoms with van der Waals surface area (Å²) in [7, 11) is -3.98. The zero-order chi connectivity index (χ0) is 16.1. The Labute approximate surface area is 131 Å². The van der Waals surface area contributed by atoms with Crippen LogP contribution in [0.1, 0.15) is 90.9 Å². The number of unbranched alkanes of at least 4 members (excludes halogenated alkanes) is 8. The van der Waals surface area contributed by atoms with Crippen molar-refractivity contribution in [2.24, 2.45) is 0 Å². The maximum absolute atomic E-state index is 11.3. The summed E-state index contributed by atoms with van der Waals surface area (Å²) in [5.74, 6) is 0. The van der Waals surface area contributed by atoms with Gasteiger partial charge in [0.1, 0.15) is 0 Å². The molecule has 128 valence electrons. The number of hydrogen-bond acceptors (Lipinski definition) is 3. The van der Waals surface area contributed by atoms with E-state index >= 15 is 0 Å². The molecular formula is C16H34O4S. The van der Waals surface area contributed by atoms with Crippen molar-refractivity contribution in [3.8, 4) is 0 Å². The Morgan fingerprint density at radius 1 is 0.810 bits per heavy atom. The first-order valence-corrected chi connectivity index (χ1v) is 10.0. The molecule has 0 aromatic heterocycles. The van der Waals surface area contributed by atoms with Gasteiger partial charge in [-0.3, -0.25) is 4.55 Å². The fourth-order valence-electron chi connectivity index (χ4n) is 2.55. The van der Waals surface area contributed by atoms with Crippen LogP contribution in [0.4, 0.5) is 0 Å². The van der Waals surface area contributed by atoms with Gasteiger partial charge in [0.2, 0.25) is 0 Å². The van der Waals surface area contributed by atoms with Crippen LogP contribution in [0.3, 0.4) is 0 Å². The monoisotopic (exact) mass is 322 g/mol. The van der Waals surface area contributed by atoms with Crippen molar-refractivity contribution in [1.82, 2.24) is 0 Å². The van der Waals surface area contributed by atoms with Gasteiger partial charge in [0.15, 0.2) is 0 Å². The van der Waals surface area contributed by atoms with Gasteiger partial charge >= 0.3 is 0 Å². The second-order valence-electron chi connectivity index (χ2n) is 6.18. The highest BCUT2D eigenvalue weighted by Crippen LogP contribution is 2.18. The second-order valence-corrected chi connectivity index (χ2v) is 7.88. The average molecular weight is 323 g/mol. The lowest BCUT2D eigenvalue weighted by Crippen LogP contribution is -2.22. The molecular weight excluding hydrogens is 288 g/mol. The van der Waals surface area contributed by atoms with Crippen LogP contribution in [-0.2, 0) is 10.1 Å². The van der Waals surface area contributed by atoms with Gasteiger partial charge < -0.3 is 5.11 Å². The van der Waals surface area contributed by atoms with E-state index in [2.05, 4.69) is 6.92 Å². The molecule has 0 amide bonds. The highest BCUT2D eigenvalue weighted by atomic mass is 32.2. The van der Waals surface area contributed by atoms with Crippen LogP contribution < -0.4 is 0 Å². The SMILES string of the molecule is CCCCCCCCCCCC(CCC(C)O)S(=O)(=O)O. The molecule has 0 heterocycles. The van der Waals surface area contributed by atoms with Gasteiger partial charge in [-0.2, -0.15) is 8.42 Å². The topological polar surface area (TPSA) is 74.6 Å². The van der Waals surface area contributed by atoms with Crippen LogP contribution >= 0.6 is 0 Å². The number of hydrogen-bond donors (Lipinski definition) is 2. The smallest absolute Gasteiger partial charge is 0.267 e. The molecule has 2 unspecified atom stereocenters. The maximum atomic E-state index is 11.3. The molecule has 0 aliphatic rings. The summed E-state index contributed by atoms with van der Waals surface area (Å²) < 4.78 is 31.8. The number of aliphatic hydroxyl groups is 1. The minimum absolute atomic E-state index is 0.341. The lowest BCUT2D eigenvalue weighted by Gasteiger charge is -2.14. The van der Waals surface area contributed by atoms with Crippen molar-refractivity contribution in [3.05, 3.63) is 0 Å². The Morgan fingerprint density at radius 2 is 1.29 bits per heavy atom. The normalized spacial score (nSPS) is 15.0. The van der Waals surface area contributed by atoms with E-state index in [4.69, 9.17) is 0 Å². The van der Waals surface area contributed by atoms with Gasteiger partial charge in [0.05, 0.1) is 11.4 Å². The lowest BCUT2D eigenvalue weighted by atomic mass is 10.0. The summed E-state index contributed by atoms with van der Waals surface area (Å²) in [4.78, 5) is 0. The lowest BCUT2D eigenvalue weighted by molar-refractivity contribution is 0.180. The van der Waals surface area contributed by atoms with E-state index in [1.165, 1.54) is 38.5 Å². The van der Waals surface area contributed by atoms with Crippen LogP contribution in [-0.4, -0.2) is 29.4 Å². The summed E-state index contributed by atoms with van der Waals surface area (Å²) in [6.07, 6.45) is 11.4. The van der Waals surface area contributed by atoms with Gasteiger partial charge in [0.25, 0.3) is 10.1 Å². The van der Waals surface area contributed by atoms with E-state index in [-0.39, 0.29) is 0 Å². The molecule has 0 aromatic rings. The average Bonchev–Trinajstić information content (AvgIpc) is 2.38. The second kappa shape index (κ2) is 12.4. The molecule has 0 saturated heterocycles. The molecule has 21 heavy (non-hydrogen) atoms. The molecule has 0 aromatic carbocycles. The molecule has 0 spiro atoms. The Balaban J connectivity index is 3.69. The van der Waals surface area contributed by atoms with Gasteiger partial charge in [-0.1, -0.05) is 64.7 Å². The first kappa shape index (κ1) is 20.9. The van der Waals surface area contributed by atoms with E-state index in [9.17, 15) is 18.1 Å². The Bertz CT molecular complexity index is 325. The quantitative estimate of drug-likeness (QED) is 0.369. The standard InChI is InChI=1S/C16H34O4S/c1-3-4-5-6-7-8-9-10-11-12-16(21(18,19)20)14-13-15(2)17/h15-17H,3-14H2,1-2H3,(H,18,19,20). The number of aliphatic hydroxyl groups excluding tert-OH is 1. The van der Waals surface area contributed by atoms with Gasteiger partial charge in [0, 0.05) is 0 Å². The highest BCUT2D eigenvalue weighted by Gasteiger charge is 2.22. The molecule has 0 aliphatic carbocycles. The number of rotatable bonds is 14. The van der Waals surface area contributed by atoms with Crippen LogP contribution in [0.2, 0.25) is 0 Å². The third-order valence-electron chi connectivity index (χ3n) is 3.96. The molecule has 0 saturated carbocycles. The summed E-state index contributed by atoms with van der Waals surface area (Å²) in [5.41, 5.74) is 0. The fourth-order valence-corrected chi connectivity index (χ4v) is 3.45. The van der Waals surface area contributed by atoms with Crippen molar-refractivity contribution >= 4 is 10.1 Å². The molecule has 0 aliphatic heterocycles. The minimum Gasteiger partial charge on any atom is -0.393 e. The molecule has 0 rings (SSSR count). The van der Waals surface area contributed by atoms with E-state index in [0.717, 1.165) is 19.3 Å². The molecule has 4 nitrogen and oxygen atoms in total. The summed E-state index contributed by atoms with van der Waals surface area (Å²) >= 11 is 0. The van der Waals surface area contributed by atoms with Gasteiger partial charge in [-0.05, 0) is 26.2 Å². The molecule has 0 fully saturated rings. The van der Waals surface area contributed by atoms with E-state index in [1.54, 1.807) is 6.92 Å². The first-order chi connectivity index (χ1) is 9.88. The molecule has 0 radical (unpaired) electrons. The van der Waals surface area contributed by atoms with Crippen molar-refractivity contribution in [2.45, 2.75) is 102 Å².